The number of hydrogen-bond donors (Lipinski definition) is 0. The molecule has 0 radical (unpaired) electrons. The van der Waals surface area contributed by atoms with Crippen LogP contribution in [0, 0.1) is 5.82 Å². The van der Waals surface area contributed by atoms with Crippen LogP contribution in [-0.2, 0) is 6.42 Å². The van der Waals surface area contributed by atoms with Gasteiger partial charge in [0.25, 0.3) is 0 Å². The monoisotopic (exact) mass is 296 g/mol. The topological polar surface area (TPSA) is 0 Å². The Hall–Kier alpha value is -1.67. The second-order valence-electron chi connectivity index (χ2n) is 6.86. The van der Waals surface area contributed by atoms with Crippen molar-refractivity contribution in [2.24, 2.45) is 0 Å². The molecule has 0 bridgehead atoms. The number of hydrogen-bond acceptors (Lipinski definition) is 0. The Morgan fingerprint density at radius 3 is 2.29 bits per heavy atom. The molecule has 0 spiro atoms. The minimum absolute atomic E-state index is 0.161. The van der Waals surface area contributed by atoms with Crippen molar-refractivity contribution in [3.63, 3.8) is 0 Å². The third-order valence-corrected chi connectivity index (χ3v) is 6.50. The van der Waals surface area contributed by atoms with Crippen molar-refractivity contribution in [3.05, 3.63) is 76.2 Å². The van der Waals surface area contributed by atoms with Crippen LogP contribution in [0.1, 0.15) is 22.6 Å². The molecule has 0 fully saturated rings. The van der Waals surface area contributed by atoms with Crippen LogP contribution in [0.3, 0.4) is 0 Å². The average molecular weight is 296 g/mol. The maximum atomic E-state index is 13.1. The SMILES string of the molecule is C[Si](C)(C)C1=Cc2ccccc2C1Cc1ccc(F)cc1. The summed E-state index contributed by atoms with van der Waals surface area (Å²) in [4.78, 5) is 0. The van der Waals surface area contributed by atoms with E-state index in [1.165, 1.54) is 16.7 Å². The molecule has 0 heterocycles. The highest BCUT2D eigenvalue weighted by molar-refractivity contribution is 6.84. The first kappa shape index (κ1) is 14.3. The summed E-state index contributed by atoms with van der Waals surface area (Å²) in [5.41, 5.74) is 4.00. The van der Waals surface area contributed by atoms with Crippen LogP contribution in [-0.4, -0.2) is 8.07 Å². The van der Waals surface area contributed by atoms with Crippen LogP contribution >= 0.6 is 0 Å². The van der Waals surface area contributed by atoms with Crippen molar-refractivity contribution >= 4 is 14.1 Å². The first-order chi connectivity index (χ1) is 9.95. The van der Waals surface area contributed by atoms with Crippen molar-refractivity contribution in [2.75, 3.05) is 0 Å². The third kappa shape index (κ3) is 2.86. The van der Waals surface area contributed by atoms with E-state index in [0.29, 0.717) is 5.92 Å². The summed E-state index contributed by atoms with van der Waals surface area (Å²) < 4.78 is 13.1. The molecule has 0 N–H and O–H groups in total. The van der Waals surface area contributed by atoms with Crippen LogP contribution in [0.25, 0.3) is 6.08 Å². The van der Waals surface area contributed by atoms with Gasteiger partial charge >= 0.3 is 0 Å². The first-order valence-corrected chi connectivity index (χ1v) is 11.0. The van der Waals surface area contributed by atoms with Crippen LogP contribution in [0.5, 0.6) is 0 Å². The number of benzene rings is 2. The summed E-state index contributed by atoms with van der Waals surface area (Å²) in [6.45, 7) is 7.22. The number of rotatable bonds is 3. The molecular weight excluding hydrogens is 275 g/mol. The van der Waals surface area contributed by atoms with Crippen LogP contribution in [0.2, 0.25) is 19.6 Å². The predicted octanol–water partition coefficient (Wildman–Crippen LogP) is 5.43. The molecule has 1 aliphatic rings. The second kappa shape index (κ2) is 5.27. The second-order valence-corrected chi connectivity index (χ2v) is 11.9. The lowest BCUT2D eigenvalue weighted by molar-refractivity contribution is 0.626. The molecule has 2 aromatic rings. The first-order valence-electron chi connectivity index (χ1n) is 7.50. The Morgan fingerprint density at radius 2 is 1.62 bits per heavy atom. The fourth-order valence-corrected chi connectivity index (χ4v) is 5.10. The zero-order chi connectivity index (χ0) is 15.0. The molecule has 108 valence electrons. The van der Waals surface area contributed by atoms with Crippen LogP contribution in [0.15, 0.2) is 53.7 Å². The van der Waals surface area contributed by atoms with Gasteiger partial charge in [0.15, 0.2) is 0 Å². The Morgan fingerprint density at radius 1 is 0.952 bits per heavy atom. The van der Waals surface area contributed by atoms with E-state index in [0.717, 1.165) is 6.42 Å². The fraction of sp³-hybridized carbons (Fsp3) is 0.263. The summed E-state index contributed by atoms with van der Waals surface area (Å²) in [5.74, 6) is 0.296. The molecule has 0 aliphatic heterocycles. The van der Waals surface area contributed by atoms with E-state index in [1.807, 2.05) is 12.1 Å². The Labute approximate surface area is 127 Å². The molecule has 3 rings (SSSR count). The summed E-state index contributed by atoms with van der Waals surface area (Å²) >= 11 is 0. The van der Waals surface area contributed by atoms with Crippen molar-refractivity contribution in [1.82, 2.24) is 0 Å². The molecule has 1 aliphatic carbocycles. The van der Waals surface area contributed by atoms with Gasteiger partial charge < -0.3 is 0 Å². The molecule has 2 heteroatoms. The fourth-order valence-electron chi connectivity index (χ4n) is 3.21. The highest BCUT2D eigenvalue weighted by Crippen LogP contribution is 2.42. The van der Waals surface area contributed by atoms with Crippen molar-refractivity contribution in [2.45, 2.75) is 32.0 Å². The predicted molar refractivity (Wildman–Crippen MR) is 90.6 cm³/mol. The van der Waals surface area contributed by atoms with E-state index < -0.39 is 8.07 Å². The van der Waals surface area contributed by atoms with Gasteiger partial charge in [0, 0.05) is 5.92 Å². The lowest BCUT2D eigenvalue weighted by atomic mass is 9.93. The Kier molecular flexibility index (Phi) is 3.58. The minimum atomic E-state index is -1.36. The standard InChI is InChI=1S/C19H21FSi/c1-21(2,3)19-13-15-6-4-5-7-17(15)18(19)12-14-8-10-16(20)11-9-14/h4-11,13,18H,12H2,1-3H3. The molecule has 0 nitrogen and oxygen atoms in total. The Bertz CT molecular complexity index is 677. The van der Waals surface area contributed by atoms with Gasteiger partial charge in [-0.15, -0.1) is 0 Å². The van der Waals surface area contributed by atoms with E-state index in [2.05, 4.69) is 50.0 Å². The number of fused-ring (bicyclic) bond motifs is 1. The molecule has 0 amide bonds. The summed E-state index contributed by atoms with van der Waals surface area (Å²) in [7, 11) is -1.36. The molecule has 2 aromatic carbocycles. The van der Waals surface area contributed by atoms with Gasteiger partial charge in [0.1, 0.15) is 5.82 Å². The smallest absolute Gasteiger partial charge is 0.123 e. The van der Waals surface area contributed by atoms with Gasteiger partial charge in [-0.3, -0.25) is 0 Å². The van der Waals surface area contributed by atoms with E-state index in [1.54, 1.807) is 17.3 Å². The lowest BCUT2D eigenvalue weighted by Gasteiger charge is -2.26. The molecule has 1 atom stereocenters. The molecule has 1 unspecified atom stereocenters. The van der Waals surface area contributed by atoms with E-state index in [4.69, 9.17) is 0 Å². The van der Waals surface area contributed by atoms with Crippen LogP contribution < -0.4 is 0 Å². The summed E-state index contributed by atoms with van der Waals surface area (Å²) in [5, 5.41) is 1.60. The van der Waals surface area contributed by atoms with Gasteiger partial charge in [-0.1, -0.05) is 67.3 Å². The number of halogens is 1. The highest BCUT2D eigenvalue weighted by atomic mass is 28.3. The maximum Gasteiger partial charge on any atom is 0.123 e. The van der Waals surface area contributed by atoms with Gasteiger partial charge in [0.2, 0.25) is 0 Å². The average Bonchev–Trinajstić information content (AvgIpc) is 2.81. The van der Waals surface area contributed by atoms with Gasteiger partial charge in [-0.05, 0) is 35.2 Å². The maximum absolute atomic E-state index is 13.1. The van der Waals surface area contributed by atoms with Gasteiger partial charge in [-0.2, -0.15) is 0 Å². The molecule has 21 heavy (non-hydrogen) atoms. The van der Waals surface area contributed by atoms with E-state index in [9.17, 15) is 4.39 Å². The molecule has 0 saturated carbocycles. The minimum Gasteiger partial charge on any atom is -0.207 e. The quantitative estimate of drug-likeness (QED) is 0.663. The lowest BCUT2D eigenvalue weighted by Crippen LogP contribution is -2.27. The summed E-state index contributed by atoms with van der Waals surface area (Å²) in [6.07, 6.45) is 3.36. The van der Waals surface area contributed by atoms with E-state index >= 15 is 0 Å². The normalized spacial score (nSPS) is 17.5. The largest absolute Gasteiger partial charge is 0.207 e. The zero-order valence-corrected chi connectivity index (χ0v) is 13.9. The zero-order valence-electron chi connectivity index (χ0n) is 12.9. The molecule has 0 saturated heterocycles. The third-order valence-electron chi connectivity index (χ3n) is 4.28. The van der Waals surface area contributed by atoms with Crippen molar-refractivity contribution in [1.29, 1.82) is 0 Å². The Balaban J connectivity index is 1.98. The van der Waals surface area contributed by atoms with Gasteiger partial charge in [-0.25, -0.2) is 4.39 Å². The number of allylic oxidation sites excluding steroid dienone is 1. The van der Waals surface area contributed by atoms with Crippen molar-refractivity contribution < 1.29 is 4.39 Å². The van der Waals surface area contributed by atoms with E-state index in [-0.39, 0.29) is 5.82 Å². The molecule has 0 aromatic heterocycles. The molecular formula is C19H21FSi. The van der Waals surface area contributed by atoms with Crippen LogP contribution in [0.4, 0.5) is 4.39 Å². The summed E-state index contributed by atoms with van der Waals surface area (Å²) in [6, 6.07) is 15.6. The van der Waals surface area contributed by atoms with Gasteiger partial charge in [0.05, 0.1) is 8.07 Å². The highest BCUT2D eigenvalue weighted by Gasteiger charge is 2.33. The van der Waals surface area contributed by atoms with Crippen molar-refractivity contribution in [3.8, 4) is 0 Å².